The predicted molar refractivity (Wildman–Crippen MR) is 126 cm³/mol. The molecule has 0 aliphatic carbocycles. The maximum absolute atomic E-state index is 13.9. The molecule has 3 aromatic rings. The largest absolute Gasteiger partial charge is 0.496 e. The number of amides is 1. The summed E-state index contributed by atoms with van der Waals surface area (Å²) in [7, 11) is 1.69. The molecule has 0 bridgehead atoms. The van der Waals surface area contributed by atoms with Gasteiger partial charge in [-0.05, 0) is 62.6 Å². The number of methoxy groups -OCH3 is 1. The molecule has 5 nitrogen and oxygen atoms in total. The standard InChI is InChI=1S/C26H28ClN3O2/c1-16-20-13-19(27)8-9-21(20)28-24(16)22-12-18-15-29(14-17-6-3-4-7-23(17)32-2)25(31)26(18)10-5-11-30(22)26/h3-4,6-9,13,18,22,28H,5,10-12,14-15H2,1-2H3/t18-,22-,26-/m0/s1. The normalized spacial score (nSPS) is 27.3. The van der Waals surface area contributed by atoms with Crippen LogP contribution in [0.2, 0.25) is 5.02 Å². The summed E-state index contributed by atoms with van der Waals surface area (Å²) in [4.78, 5) is 22.1. The van der Waals surface area contributed by atoms with Gasteiger partial charge >= 0.3 is 0 Å². The third kappa shape index (κ3) is 2.70. The first kappa shape index (κ1) is 20.1. The number of hydrogen-bond donors (Lipinski definition) is 1. The van der Waals surface area contributed by atoms with E-state index in [1.807, 2.05) is 30.3 Å². The fraction of sp³-hybridized carbons (Fsp3) is 0.423. The van der Waals surface area contributed by atoms with Gasteiger partial charge in [-0.1, -0.05) is 29.8 Å². The Hall–Kier alpha value is -2.50. The average Bonchev–Trinajstić information content (AvgIpc) is 3.50. The molecular weight excluding hydrogens is 422 g/mol. The number of hydrogen-bond acceptors (Lipinski definition) is 3. The van der Waals surface area contributed by atoms with Crippen LogP contribution in [0, 0.1) is 12.8 Å². The third-order valence-corrected chi connectivity index (χ3v) is 8.31. The zero-order valence-corrected chi connectivity index (χ0v) is 19.3. The van der Waals surface area contributed by atoms with E-state index in [0.717, 1.165) is 54.2 Å². The number of benzene rings is 2. The van der Waals surface area contributed by atoms with Crippen molar-refractivity contribution in [2.24, 2.45) is 5.92 Å². The van der Waals surface area contributed by atoms with Crippen LogP contribution in [0.1, 0.15) is 42.1 Å². The van der Waals surface area contributed by atoms with Gasteiger partial charge in [-0.25, -0.2) is 0 Å². The maximum atomic E-state index is 13.9. The van der Waals surface area contributed by atoms with E-state index in [-0.39, 0.29) is 11.6 Å². The van der Waals surface area contributed by atoms with Gasteiger partial charge < -0.3 is 14.6 Å². The number of H-pyrrole nitrogens is 1. The van der Waals surface area contributed by atoms with Gasteiger partial charge in [0.15, 0.2) is 0 Å². The number of nitrogens with zero attached hydrogens (tertiary/aromatic N) is 2. The number of aromatic nitrogens is 1. The van der Waals surface area contributed by atoms with Crippen molar-refractivity contribution in [3.63, 3.8) is 0 Å². The molecule has 6 heteroatoms. The molecular formula is C26H28ClN3O2. The van der Waals surface area contributed by atoms with Crippen LogP contribution >= 0.6 is 11.6 Å². The summed E-state index contributed by atoms with van der Waals surface area (Å²) in [6, 6.07) is 14.3. The van der Waals surface area contributed by atoms with Crippen molar-refractivity contribution in [1.82, 2.24) is 14.8 Å². The molecule has 0 radical (unpaired) electrons. The molecule has 1 N–H and O–H groups in total. The Kier molecular flexibility index (Phi) is 4.57. The molecule has 3 atom stereocenters. The number of rotatable bonds is 4. The second kappa shape index (κ2) is 7.26. The molecule has 32 heavy (non-hydrogen) atoms. The number of halogens is 1. The fourth-order valence-corrected chi connectivity index (χ4v) is 6.85. The van der Waals surface area contributed by atoms with E-state index < -0.39 is 0 Å². The van der Waals surface area contributed by atoms with Crippen LogP contribution in [0.5, 0.6) is 5.75 Å². The molecule has 166 valence electrons. The molecule has 2 aromatic carbocycles. The number of aryl methyl sites for hydroxylation is 1. The van der Waals surface area contributed by atoms with E-state index in [2.05, 4.69) is 33.8 Å². The summed E-state index contributed by atoms with van der Waals surface area (Å²) in [6.45, 7) is 4.58. The van der Waals surface area contributed by atoms with Crippen molar-refractivity contribution in [2.75, 3.05) is 20.2 Å². The van der Waals surface area contributed by atoms with Crippen LogP contribution in [-0.2, 0) is 11.3 Å². The summed E-state index contributed by atoms with van der Waals surface area (Å²) < 4.78 is 5.53. The highest BCUT2D eigenvalue weighted by molar-refractivity contribution is 6.31. The van der Waals surface area contributed by atoms with Crippen LogP contribution in [-0.4, -0.2) is 46.4 Å². The molecule has 1 aromatic heterocycles. The Balaban J connectivity index is 1.33. The summed E-state index contributed by atoms with van der Waals surface area (Å²) in [5, 5.41) is 1.94. The fourth-order valence-electron chi connectivity index (χ4n) is 6.68. The lowest BCUT2D eigenvalue weighted by atomic mass is 9.85. The van der Waals surface area contributed by atoms with E-state index in [9.17, 15) is 4.79 Å². The first-order valence-corrected chi connectivity index (χ1v) is 11.9. The number of carbonyl (C=O) groups excluding carboxylic acids is 1. The van der Waals surface area contributed by atoms with Crippen LogP contribution in [0.25, 0.3) is 10.9 Å². The minimum Gasteiger partial charge on any atom is -0.496 e. The summed E-state index contributed by atoms with van der Waals surface area (Å²) in [6.07, 6.45) is 3.04. The molecule has 3 aliphatic rings. The highest BCUT2D eigenvalue weighted by Crippen LogP contribution is 2.56. The van der Waals surface area contributed by atoms with Gasteiger partial charge in [-0.3, -0.25) is 9.69 Å². The molecule has 1 spiro atoms. The summed E-state index contributed by atoms with van der Waals surface area (Å²) in [5.74, 6) is 1.50. The van der Waals surface area contributed by atoms with Gasteiger partial charge in [0.1, 0.15) is 11.3 Å². The van der Waals surface area contributed by atoms with Crippen LogP contribution in [0.3, 0.4) is 0 Å². The van der Waals surface area contributed by atoms with E-state index in [1.54, 1.807) is 7.11 Å². The van der Waals surface area contributed by atoms with Gasteiger partial charge in [-0.2, -0.15) is 0 Å². The van der Waals surface area contributed by atoms with Crippen molar-refractivity contribution in [3.8, 4) is 5.75 Å². The second-order valence-corrected chi connectivity index (χ2v) is 9.96. The van der Waals surface area contributed by atoms with Gasteiger partial charge in [-0.15, -0.1) is 0 Å². The van der Waals surface area contributed by atoms with Crippen LogP contribution < -0.4 is 4.74 Å². The lowest BCUT2D eigenvalue weighted by molar-refractivity contribution is -0.137. The van der Waals surface area contributed by atoms with Crippen molar-refractivity contribution in [1.29, 1.82) is 0 Å². The molecule has 0 unspecified atom stereocenters. The molecule has 3 fully saturated rings. The number of ether oxygens (including phenoxy) is 1. The number of likely N-dealkylation sites (tertiary alicyclic amines) is 1. The van der Waals surface area contributed by atoms with E-state index in [0.29, 0.717) is 18.4 Å². The minimum atomic E-state index is -0.353. The first-order chi connectivity index (χ1) is 15.5. The predicted octanol–water partition coefficient (Wildman–Crippen LogP) is 5.08. The molecule has 4 heterocycles. The number of fused-ring (bicyclic) bond motifs is 1. The number of nitrogens with one attached hydrogen (secondary N) is 1. The number of carbonyl (C=O) groups is 1. The molecule has 6 rings (SSSR count). The second-order valence-electron chi connectivity index (χ2n) is 9.52. The van der Waals surface area contributed by atoms with E-state index in [1.165, 1.54) is 16.6 Å². The van der Waals surface area contributed by atoms with Gasteiger partial charge in [0, 0.05) is 46.2 Å². The maximum Gasteiger partial charge on any atom is 0.243 e. The molecule has 3 saturated heterocycles. The monoisotopic (exact) mass is 449 g/mol. The van der Waals surface area contributed by atoms with Gasteiger partial charge in [0.05, 0.1) is 13.2 Å². The van der Waals surface area contributed by atoms with Crippen LogP contribution in [0.15, 0.2) is 42.5 Å². The average molecular weight is 450 g/mol. The van der Waals surface area contributed by atoms with Gasteiger partial charge in [0.25, 0.3) is 0 Å². The lowest BCUT2D eigenvalue weighted by Crippen LogP contribution is -2.49. The van der Waals surface area contributed by atoms with Crippen molar-refractivity contribution in [3.05, 3.63) is 64.3 Å². The molecule has 1 amide bonds. The van der Waals surface area contributed by atoms with Crippen molar-refractivity contribution >= 4 is 28.4 Å². The van der Waals surface area contributed by atoms with E-state index in [4.69, 9.17) is 16.3 Å². The third-order valence-electron chi connectivity index (χ3n) is 8.07. The SMILES string of the molecule is COc1ccccc1CN1C[C@@H]2C[C@@H](c3[nH]c4ccc(Cl)cc4c3C)N3CCC[C@@]23C1=O. The summed E-state index contributed by atoms with van der Waals surface area (Å²) >= 11 is 6.27. The smallest absolute Gasteiger partial charge is 0.243 e. The zero-order chi connectivity index (χ0) is 22.0. The number of aromatic amines is 1. The topological polar surface area (TPSA) is 48.6 Å². The van der Waals surface area contributed by atoms with Crippen molar-refractivity contribution in [2.45, 2.75) is 44.3 Å². The van der Waals surface area contributed by atoms with Crippen LogP contribution in [0.4, 0.5) is 0 Å². The molecule has 0 saturated carbocycles. The Labute approximate surface area is 193 Å². The zero-order valence-electron chi connectivity index (χ0n) is 18.5. The summed E-state index contributed by atoms with van der Waals surface area (Å²) in [5.41, 5.74) is 4.35. The highest BCUT2D eigenvalue weighted by Gasteiger charge is 2.65. The highest BCUT2D eigenvalue weighted by atomic mass is 35.5. The lowest BCUT2D eigenvalue weighted by Gasteiger charge is -2.33. The Morgan fingerprint density at radius 3 is 2.94 bits per heavy atom. The quantitative estimate of drug-likeness (QED) is 0.604. The number of para-hydroxylation sites is 1. The first-order valence-electron chi connectivity index (χ1n) is 11.5. The molecule has 3 aliphatic heterocycles. The Morgan fingerprint density at radius 1 is 1.25 bits per heavy atom. The Morgan fingerprint density at radius 2 is 2.09 bits per heavy atom. The minimum absolute atomic E-state index is 0.256. The van der Waals surface area contributed by atoms with Gasteiger partial charge in [0.2, 0.25) is 5.91 Å². The van der Waals surface area contributed by atoms with E-state index >= 15 is 0 Å². The Bertz CT molecular complexity index is 1220. The van der Waals surface area contributed by atoms with Crippen molar-refractivity contribution < 1.29 is 9.53 Å².